The van der Waals surface area contributed by atoms with Crippen LogP contribution >= 0.6 is 22.9 Å². The van der Waals surface area contributed by atoms with E-state index in [1.54, 1.807) is 0 Å². The van der Waals surface area contributed by atoms with Crippen molar-refractivity contribution in [2.75, 3.05) is 13.1 Å². The van der Waals surface area contributed by atoms with Gasteiger partial charge in [0.25, 0.3) is 0 Å². The Labute approximate surface area is 124 Å². The summed E-state index contributed by atoms with van der Waals surface area (Å²) in [5.74, 6) is -0.261. The van der Waals surface area contributed by atoms with Crippen molar-refractivity contribution in [1.29, 1.82) is 0 Å². The normalized spacial score (nSPS) is 10.9. The third-order valence-corrected chi connectivity index (χ3v) is 2.60. The van der Waals surface area contributed by atoms with Crippen LogP contribution < -0.4 is 14.2 Å². The van der Waals surface area contributed by atoms with Crippen LogP contribution in [0.25, 0.3) is 0 Å². The molecular weight excluding hydrogens is 345 g/mol. The molecule has 0 spiro atoms. The number of halogens is 1. The summed E-state index contributed by atoms with van der Waals surface area (Å²) in [6.45, 7) is 8.80. The molecule has 0 aromatic heterocycles. The van der Waals surface area contributed by atoms with Gasteiger partial charge in [0.2, 0.25) is 11.8 Å². The number of amides is 2. The first-order valence-electron chi connectivity index (χ1n) is 6.50. The summed E-state index contributed by atoms with van der Waals surface area (Å²) in [6.07, 6.45) is 2.60. The maximum absolute atomic E-state index is 11.6. The Kier molecular flexibility index (Phi) is 16.3. The topological polar surface area (TPSA) is 70.2 Å². The maximum atomic E-state index is 11.6. The van der Waals surface area contributed by atoms with Crippen LogP contribution in [0.3, 0.4) is 0 Å². The molecule has 5 nitrogen and oxygen atoms in total. The lowest BCUT2D eigenvalue weighted by Gasteiger charge is -2.16. The molecule has 0 radical (unpaired) electrons. The Morgan fingerprint density at radius 3 is 2.28 bits per heavy atom. The summed E-state index contributed by atoms with van der Waals surface area (Å²) in [4.78, 5) is 22.5. The van der Waals surface area contributed by atoms with Crippen molar-refractivity contribution >= 4 is 34.7 Å². The molecule has 0 saturated heterocycles. The van der Waals surface area contributed by atoms with Gasteiger partial charge in [0, 0.05) is 42.9 Å². The van der Waals surface area contributed by atoms with Gasteiger partial charge in [0.1, 0.15) is 6.04 Å². The van der Waals surface area contributed by atoms with Crippen LogP contribution in [0.1, 0.15) is 47.0 Å². The highest BCUT2D eigenvalue weighted by Gasteiger charge is 2.17. The summed E-state index contributed by atoms with van der Waals surface area (Å²) >= 11 is 2.09. The van der Waals surface area contributed by atoms with Crippen molar-refractivity contribution in [1.82, 2.24) is 14.2 Å². The molecule has 6 heteroatoms. The number of nitrogens with one attached hydrogen (secondary N) is 3. The Hall–Kier alpha value is -0.370. The van der Waals surface area contributed by atoms with Gasteiger partial charge in [0.05, 0.1) is 0 Å². The molecule has 0 aliphatic carbocycles. The van der Waals surface area contributed by atoms with E-state index in [2.05, 4.69) is 37.0 Å². The predicted octanol–water partition coefficient (Wildman–Crippen LogP) is 1.76. The first-order valence-corrected chi connectivity index (χ1v) is 7.58. The van der Waals surface area contributed by atoms with Gasteiger partial charge in [-0.05, 0) is 26.2 Å². The van der Waals surface area contributed by atoms with Gasteiger partial charge in [0.15, 0.2) is 0 Å². The Morgan fingerprint density at radius 1 is 1.22 bits per heavy atom. The first-order chi connectivity index (χ1) is 8.61. The van der Waals surface area contributed by atoms with Gasteiger partial charge >= 0.3 is 0 Å². The van der Waals surface area contributed by atoms with Gasteiger partial charge < -0.3 is 10.6 Å². The summed E-state index contributed by atoms with van der Waals surface area (Å²) in [7, 11) is 0. The minimum atomic E-state index is -0.397. The molecule has 108 valence electrons. The van der Waals surface area contributed by atoms with Crippen LogP contribution in [-0.2, 0) is 9.59 Å². The van der Waals surface area contributed by atoms with Crippen LogP contribution in [0.4, 0.5) is 0 Å². The monoisotopic (exact) mass is 371 g/mol. The molecule has 0 aromatic carbocycles. The predicted molar refractivity (Wildman–Crippen MR) is 83.5 cm³/mol. The van der Waals surface area contributed by atoms with E-state index in [9.17, 15) is 9.59 Å². The third-order valence-electron chi connectivity index (χ3n) is 2.06. The zero-order valence-electron chi connectivity index (χ0n) is 11.8. The van der Waals surface area contributed by atoms with E-state index in [4.69, 9.17) is 0 Å². The summed E-state index contributed by atoms with van der Waals surface area (Å²) in [5.41, 5.74) is 0. The number of carbonyl (C=O) groups excluding carboxylic acids is 2. The molecule has 0 aromatic rings. The molecule has 0 rings (SSSR count). The second kappa shape index (κ2) is 14.7. The van der Waals surface area contributed by atoms with E-state index < -0.39 is 6.04 Å². The summed E-state index contributed by atoms with van der Waals surface area (Å²) < 4.78 is 3.02. The highest BCUT2D eigenvalue weighted by atomic mass is 127. The Balaban J connectivity index is 0. The molecular formula is C12H26IN3O2. The number of hydrogen-bond donors (Lipinski definition) is 3. The minimum Gasteiger partial charge on any atom is -0.355 e. The van der Waals surface area contributed by atoms with Crippen molar-refractivity contribution in [3.63, 3.8) is 0 Å². The van der Waals surface area contributed by atoms with Crippen LogP contribution in [0.15, 0.2) is 0 Å². The fourth-order valence-electron chi connectivity index (χ4n) is 1.35. The standard InChI is InChI=1S/C10H20IN3O2.C2H6/c1-3-12-10(16)9(14-8(2)15)6-4-5-7-13-11;1-2/h9,13H,3-7H2,1-2H3,(H,12,16)(H,14,15);1-2H3. The van der Waals surface area contributed by atoms with Crippen LogP contribution in [0.5, 0.6) is 0 Å². The van der Waals surface area contributed by atoms with E-state index >= 15 is 0 Å². The number of unbranched alkanes of at least 4 members (excludes halogenated alkanes) is 1. The van der Waals surface area contributed by atoms with Crippen molar-refractivity contribution < 1.29 is 9.59 Å². The molecule has 0 aliphatic heterocycles. The zero-order valence-corrected chi connectivity index (χ0v) is 14.0. The van der Waals surface area contributed by atoms with Crippen LogP contribution in [0.2, 0.25) is 0 Å². The second-order valence-electron chi connectivity index (χ2n) is 3.53. The number of hydrogen-bond acceptors (Lipinski definition) is 3. The molecule has 0 heterocycles. The lowest BCUT2D eigenvalue weighted by molar-refractivity contribution is -0.128. The summed E-state index contributed by atoms with van der Waals surface area (Å²) in [5, 5.41) is 5.39. The van der Waals surface area contributed by atoms with Crippen molar-refractivity contribution in [2.45, 2.75) is 53.0 Å². The molecule has 0 fully saturated rings. The maximum Gasteiger partial charge on any atom is 0.242 e. The molecule has 3 N–H and O–H groups in total. The van der Waals surface area contributed by atoms with Gasteiger partial charge in [-0.3, -0.25) is 13.1 Å². The molecule has 0 saturated carbocycles. The van der Waals surface area contributed by atoms with E-state index in [0.29, 0.717) is 13.0 Å². The van der Waals surface area contributed by atoms with E-state index in [0.717, 1.165) is 19.4 Å². The minimum absolute atomic E-state index is 0.0971. The lowest BCUT2D eigenvalue weighted by atomic mass is 10.1. The van der Waals surface area contributed by atoms with E-state index in [1.807, 2.05) is 20.8 Å². The highest BCUT2D eigenvalue weighted by molar-refractivity contribution is 14.1. The summed E-state index contributed by atoms with van der Waals surface area (Å²) in [6, 6.07) is -0.397. The van der Waals surface area contributed by atoms with Gasteiger partial charge in [-0.25, -0.2) is 0 Å². The lowest BCUT2D eigenvalue weighted by Crippen LogP contribution is -2.46. The second-order valence-corrected chi connectivity index (χ2v) is 4.29. The molecule has 1 unspecified atom stereocenters. The first kappa shape index (κ1) is 20.0. The van der Waals surface area contributed by atoms with Crippen molar-refractivity contribution in [3.8, 4) is 0 Å². The Morgan fingerprint density at radius 2 is 1.83 bits per heavy atom. The number of rotatable bonds is 8. The third kappa shape index (κ3) is 12.1. The average Bonchev–Trinajstić information content (AvgIpc) is 2.35. The van der Waals surface area contributed by atoms with E-state index in [-0.39, 0.29) is 11.8 Å². The average molecular weight is 371 g/mol. The van der Waals surface area contributed by atoms with Gasteiger partial charge in [-0.2, -0.15) is 0 Å². The van der Waals surface area contributed by atoms with E-state index in [1.165, 1.54) is 6.92 Å². The fraction of sp³-hybridized carbons (Fsp3) is 0.833. The Bertz CT molecular complexity index is 225. The number of likely N-dealkylation sites (N-methyl/N-ethyl adjacent to an activating group) is 1. The molecule has 1 atom stereocenters. The van der Waals surface area contributed by atoms with Gasteiger partial charge in [-0.15, -0.1) is 0 Å². The van der Waals surface area contributed by atoms with Crippen LogP contribution in [0, 0.1) is 0 Å². The van der Waals surface area contributed by atoms with Crippen LogP contribution in [-0.4, -0.2) is 30.9 Å². The van der Waals surface area contributed by atoms with Crippen molar-refractivity contribution in [3.05, 3.63) is 0 Å². The number of carbonyl (C=O) groups is 2. The largest absolute Gasteiger partial charge is 0.355 e. The molecule has 0 bridgehead atoms. The highest BCUT2D eigenvalue weighted by Crippen LogP contribution is 2.01. The van der Waals surface area contributed by atoms with Gasteiger partial charge in [-0.1, -0.05) is 13.8 Å². The molecule has 0 aliphatic rings. The fourth-order valence-corrected chi connectivity index (χ4v) is 1.73. The molecule has 2 amide bonds. The molecule has 18 heavy (non-hydrogen) atoms. The SMILES string of the molecule is CC.CCNC(=O)C(CCCCNI)NC(C)=O. The smallest absolute Gasteiger partial charge is 0.242 e. The van der Waals surface area contributed by atoms with Crippen molar-refractivity contribution in [2.24, 2.45) is 0 Å². The quantitative estimate of drug-likeness (QED) is 0.346. The zero-order chi connectivity index (χ0) is 14.4.